The fourth-order valence-electron chi connectivity index (χ4n) is 2.77. The van der Waals surface area contributed by atoms with Gasteiger partial charge in [0.2, 0.25) is 5.88 Å². The summed E-state index contributed by atoms with van der Waals surface area (Å²) in [5, 5.41) is 9.15. The molecule has 3 aromatic heterocycles. The smallest absolute Gasteiger partial charge is 0.417 e. The molecule has 1 unspecified atom stereocenters. The van der Waals surface area contributed by atoms with Gasteiger partial charge in [-0.2, -0.15) is 18.3 Å². The fraction of sp³-hybridized carbons (Fsp3) is 0.333. The van der Waals surface area contributed by atoms with Crippen LogP contribution in [0.1, 0.15) is 24.3 Å². The standard InChI is InChI=1S/C18H19ClF3N7O3/c1-9(31-2)15-12(8-24-14-6-13(19)28-29(14)15)27-17(30)26-11-5-10(18(20,21)22)7-25-16(11)32-4-3-23/h5-9H,3-4,23H2,1-2H3,(H2,26,27,30). The third kappa shape index (κ3) is 5.18. The monoisotopic (exact) mass is 473 g/mol. The molecule has 10 nitrogen and oxygen atoms in total. The highest BCUT2D eigenvalue weighted by atomic mass is 35.5. The Balaban J connectivity index is 1.92. The number of carbonyl (C=O) groups excluding carboxylic acids is 1. The second kappa shape index (κ2) is 9.54. The lowest BCUT2D eigenvalue weighted by Gasteiger charge is -2.18. The van der Waals surface area contributed by atoms with Crippen LogP contribution in [-0.4, -0.2) is 45.9 Å². The maximum atomic E-state index is 13.1. The number of pyridine rings is 1. The van der Waals surface area contributed by atoms with Crippen LogP contribution in [0.5, 0.6) is 5.88 Å². The third-order valence-electron chi connectivity index (χ3n) is 4.26. The van der Waals surface area contributed by atoms with Gasteiger partial charge in [-0.1, -0.05) is 11.6 Å². The van der Waals surface area contributed by atoms with Gasteiger partial charge in [0.15, 0.2) is 10.8 Å². The van der Waals surface area contributed by atoms with E-state index in [1.807, 2.05) is 0 Å². The lowest BCUT2D eigenvalue weighted by molar-refractivity contribution is -0.137. The zero-order valence-electron chi connectivity index (χ0n) is 16.9. The molecule has 14 heteroatoms. The van der Waals surface area contributed by atoms with Crippen molar-refractivity contribution >= 4 is 34.7 Å². The summed E-state index contributed by atoms with van der Waals surface area (Å²) in [7, 11) is 1.46. The topological polar surface area (TPSA) is 129 Å². The van der Waals surface area contributed by atoms with Crippen molar-refractivity contribution in [1.29, 1.82) is 0 Å². The Morgan fingerprint density at radius 2 is 1.97 bits per heavy atom. The van der Waals surface area contributed by atoms with Gasteiger partial charge in [0, 0.05) is 25.9 Å². The van der Waals surface area contributed by atoms with Crippen molar-refractivity contribution in [2.24, 2.45) is 5.73 Å². The predicted octanol–water partition coefficient (Wildman–Crippen LogP) is 3.49. The van der Waals surface area contributed by atoms with Crippen molar-refractivity contribution in [2.75, 3.05) is 30.9 Å². The molecule has 0 aliphatic rings. The van der Waals surface area contributed by atoms with Crippen molar-refractivity contribution in [3.8, 4) is 5.88 Å². The Hall–Kier alpha value is -3.16. The summed E-state index contributed by atoms with van der Waals surface area (Å²) in [6.45, 7) is 1.80. The molecule has 3 rings (SSSR count). The van der Waals surface area contributed by atoms with E-state index in [-0.39, 0.29) is 35.6 Å². The number of nitrogens with zero attached hydrogens (tertiary/aromatic N) is 4. The molecule has 1 atom stereocenters. The highest BCUT2D eigenvalue weighted by Crippen LogP contribution is 2.34. The molecule has 4 N–H and O–H groups in total. The molecule has 2 amide bonds. The minimum Gasteiger partial charge on any atom is -0.475 e. The van der Waals surface area contributed by atoms with Crippen LogP contribution in [0.2, 0.25) is 5.15 Å². The van der Waals surface area contributed by atoms with Gasteiger partial charge in [-0.15, -0.1) is 0 Å². The Morgan fingerprint density at radius 3 is 2.62 bits per heavy atom. The SMILES string of the molecule is COC(C)c1c(NC(=O)Nc2cc(C(F)(F)F)cnc2OCCN)cnc2cc(Cl)nn12. The average Bonchev–Trinajstić information content (AvgIpc) is 3.11. The Kier molecular flexibility index (Phi) is 7.01. The highest BCUT2D eigenvalue weighted by Gasteiger charge is 2.32. The molecule has 0 saturated carbocycles. The summed E-state index contributed by atoms with van der Waals surface area (Å²) in [6.07, 6.45) is -3.24. The Labute approximate surface area is 184 Å². The van der Waals surface area contributed by atoms with E-state index in [2.05, 4.69) is 25.7 Å². The van der Waals surface area contributed by atoms with Crippen LogP contribution < -0.4 is 21.1 Å². The maximum absolute atomic E-state index is 13.1. The first-order valence-corrected chi connectivity index (χ1v) is 9.57. The maximum Gasteiger partial charge on any atom is 0.417 e. The van der Waals surface area contributed by atoms with E-state index in [9.17, 15) is 18.0 Å². The summed E-state index contributed by atoms with van der Waals surface area (Å²) in [5.74, 6) is -0.212. The van der Waals surface area contributed by atoms with Crippen molar-refractivity contribution < 1.29 is 27.4 Å². The number of rotatable bonds is 7. The second-order valence-electron chi connectivity index (χ2n) is 6.46. The van der Waals surface area contributed by atoms with Crippen LogP contribution in [0, 0.1) is 0 Å². The van der Waals surface area contributed by atoms with Gasteiger partial charge in [0.1, 0.15) is 12.3 Å². The highest BCUT2D eigenvalue weighted by molar-refractivity contribution is 6.29. The van der Waals surface area contributed by atoms with E-state index in [0.717, 1.165) is 0 Å². The number of aromatic nitrogens is 4. The summed E-state index contributed by atoms with van der Waals surface area (Å²) < 4.78 is 51.3. The van der Waals surface area contributed by atoms with Crippen molar-refractivity contribution in [3.05, 3.63) is 40.9 Å². The molecule has 172 valence electrons. The number of fused-ring (bicyclic) bond motifs is 1. The molecule has 32 heavy (non-hydrogen) atoms. The molecule has 3 aromatic rings. The summed E-state index contributed by atoms with van der Waals surface area (Å²) in [4.78, 5) is 20.4. The van der Waals surface area contributed by atoms with Gasteiger partial charge in [-0.05, 0) is 13.0 Å². The van der Waals surface area contributed by atoms with Gasteiger partial charge in [-0.3, -0.25) is 0 Å². The van der Waals surface area contributed by atoms with Crippen molar-refractivity contribution in [2.45, 2.75) is 19.2 Å². The normalized spacial score (nSPS) is 12.6. The minimum absolute atomic E-state index is 0.00912. The predicted molar refractivity (Wildman–Crippen MR) is 110 cm³/mol. The number of hydrogen-bond donors (Lipinski definition) is 3. The number of amides is 2. The van der Waals surface area contributed by atoms with Crippen molar-refractivity contribution in [3.63, 3.8) is 0 Å². The first kappa shape index (κ1) is 23.5. The minimum atomic E-state index is -4.66. The van der Waals surface area contributed by atoms with Crippen LogP contribution in [0.3, 0.4) is 0 Å². The number of methoxy groups -OCH3 is 1. The van der Waals surface area contributed by atoms with E-state index in [1.165, 1.54) is 23.9 Å². The molecule has 0 radical (unpaired) electrons. The summed E-state index contributed by atoms with van der Waals surface area (Å²) >= 11 is 5.94. The molecule has 0 fully saturated rings. The fourth-order valence-corrected chi connectivity index (χ4v) is 2.94. The van der Waals surface area contributed by atoms with Gasteiger partial charge in [0.05, 0.1) is 29.2 Å². The zero-order chi connectivity index (χ0) is 23.5. The number of hydrogen-bond acceptors (Lipinski definition) is 7. The average molecular weight is 474 g/mol. The van der Waals surface area contributed by atoms with E-state index in [4.69, 9.17) is 26.8 Å². The van der Waals surface area contributed by atoms with E-state index >= 15 is 0 Å². The molecule has 0 bridgehead atoms. The Morgan fingerprint density at radius 1 is 1.25 bits per heavy atom. The lowest BCUT2D eigenvalue weighted by atomic mass is 10.2. The molecule has 0 saturated heterocycles. The molecular formula is C18H19ClF3N7O3. The van der Waals surface area contributed by atoms with Crippen LogP contribution in [-0.2, 0) is 10.9 Å². The third-order valence-corrected chi connectivity index (χ3v) is 4.45. The summed E-state index contributed by atoms with van der Waals surface area (Å²) in [6, 6.07) is 1.37. The van der Waals surface area contributed by atoms with Gasteiger partial charge in [-0.25, -0.2) is 19.3 Å². The molecular weight excluding hydrogens is 455 g/mol. The number of alkyl halides is 3. The van der Waals surface area contributed by atoms with E-state index in [1.54, 1.807) is 6.92 Å². The van der Waals surface area contributed by atoms with E-state index in [0.29, 0.717) is 23.6 Å². The number of nitrogens with two attached hydrogens (primary N) is 1. The lowest BCUT2D eigenvalue weighted by Crippen LogP contribution is -2.23. The molecule has 3 heterocycles. The van der Waals surface area contributed by atoms with Gasteiger partial charge >= 0.3 is 12.2 Å². The number of nitrogens with one attached hydrogen (secondary N) is 2. The van der Waals surface area contributed by atoms with Gasteiger partial charge in [0.25, 0.3) is 0 Å². The van der Waals surface area contributed by atoms with Crippen LogP contribution in [0.4, 0.5) is 29.3 Å². The number of urea groups is 1. The molecule has 0 aliphatic heterocycles. The summed E-state index contributed by atoms with van der Waals surface area (Å²) in [5.41, 5.74) is 5.05. The molecule has 0 spiro atoms. The molecule has 0 aromatic carbocycles. The van der Waals surface area contributed by atoms with Crippen LogP contribution in [0.15, 0.2) is 24.5 Å². The number of anilines is 2. The largest absolute Gasteiger partial charge is 0.475 e. The van der Waals surface area contributed by atoms with E-state index < -0.39 is 23.9 Å². The molecule has 0 aliphatic carbocycles. The quantitative estimate of drug-likeness (QED) is 0.479. The number of halogens is 4. The first-order chi connectivity index (χ1) is 15.1. The first-order valence-electron chi connectivity index (χ1n) is 9.19. The number of carbonyl (C=O) groups is 1. The van der Waals surface area contributed by atoms with Gasteiger partial charge < -0.3 is 25.8 Å². The number of ether oxygens (including phenoxy) is 2. The second-order valence-corrected chi connectivity index (χ2v) is 6.85. The van der Waals surface area contributed by atoms with Crippen molar-refractivity contribution in [1.82, 2.24) is 19.6 Å². The zero-order valence-corrected chi connectivity index (χ0v) is 17.7. The van der Waals surface area contributed by atoms with Crippen LogP contribution in [0.25, 0.3) is 5.65 Å². The Bertz CT molecular complexity index is 1120. The van der Waals surface area contributed by atoms with Crippen LogP contribution >= 0.6 is 11.6 Å².